The van der Waals surface area contributed by atoms with Crippen LogP contribution in [0.3, 0.4) is 0 Å². The Balaban J connectivity index is 0. The fraction of sp³-hybridized carbons (Fsp3) is 0.286. The minimum Gasteiger partial charge on any atom is -1.00 e. The molecule has 0 bridgehead atoms. The zero-order chi connectivity index (χ0) is 19.7. The van der Waals surface area contributed by atoms with Crippen LogP contribution in [0.15, 0.2) is 45.3 Å². The summed E-state index contributed by atoms with van der Waals surface area (Å²) in [6.07, 6.45) is -2.46. The molecule has 2 aliphatic rings. The number of aliphatic hydroxyl groups is 2. The molecule has 0 heterocycles. The third kappa shape index (κ3) is 4.46. The first-order chi connectivity index (χ1) is 11.8. The van der Waals surface area contributed by atoms with Crippen LogP contribution in [0.25, 0.3) is 0 Å². The molecule has 2 aliphatic carbocycles. The van der Waals surface area contributed by atoms with E-state index in [2.05, 4.69) is 0 Å². The maximum Gasteiger partial charge on any atom is 1.00 e. The predicted octanol–water partition coefficient (Wildman–Crippen LogP) is -4.11. The van der Waals surface area contributed by atoms with Crippen LogP contribution in [-0.2, 0) is 20.2 Å². The zero-order valence-electron chi connectivity index (χ0n) is 16.7. The number of alkyl halides is 1. The molecule has 3 unspecified atom stereocenters. The van der Waals surface area contributed by atoms with Crippen molar-refractivity contribution in [3.63, 3.8) is 0 Å². The fourth-order valence-electron chi connectivity index (χ4n) is 3.05. The van der Waals surface area contributed by atoms with Gasteiger partial charge in [0.15, 0.2) is 0 Å². The molecule has 0 spiro atoms. The summed E-state index contributed by atoms with van der Waals surface area (Å²) in [6, 6.07) is 3.20. The molecular weight excluding hydrogens is 477 g/mol. The molecule has 146 valence electrons. The summed E-state index contributed by atoms with van der Waals surface area (Å²) in [4.78, 5) is -0.484. The van der Waals surface area contributed by atoms with Gasteiger partial charge in [0, 0.05) is 6.42 Å². The van der Waals surface area contributed by atoms with Crippen LogP contribution in [0.4, 0.5) is 0 Å². The number of halogens is 2. The molecule has 0 saturated carbocycles. The molecule has 8 nitrogen and oxygen atoms in total. The second-order valence-corrected chi connectivity index (χ2v) is 10.3. The predicted molar refractivity (Wildman–Crippen MR) is 94.1 cm³/mol. The normalized spacial score (nSPS) is 27.0. The van der Waals surface area contributed by atoms with E-state index in [9.17, 15) is 31.6 Å². The van der Waals surface area contributed by atoms with E-state index in [0.29, 0.717) is 0 Å². The average molecular weight is 491 g/mol. The van der Waals surface area contributed by atoms with Crippen molar-refractivity contribution in [2.45, 2.75) is 27.7 Å². The van der Waals surface area contributed by atoms with Crippen molar-refractivity contribution in [3.05, 3.63) is 51.6 Å². The van der Waals surface area contributed by atoms with Crippen molar-refractivity contribution >= 4 is 43.4 Å². The molecule has 0 aliphatic heterocycles. The number of aliphatic hydroxyl groups excluding tert-OH is 2. The van der Waals surface area contributed by atoms with E-state index < -0.39 is 53.0 Å². The summed E-state index contributed by atoms with van der Waals surface area (Å²) in [5.74, 6) is 0. The van der Waals surface area contributed by atoms with Crippen molar-refractivity contribution in [2.24, 2.45) is 0 Å². The zero-order valence-corrected chi connectivity index (χ0v) is 21.8. The van der Waals surface area contributed by atoms with Gasteiger partial charge in [-0.2, -0.15) is 16.8 Å². The first-order valence-corrected chi connectivity index (χ1v) is 10.6. The fourth-order valence-corrected chi connectivity index (χ4v) is 4.88. The molecule has 3 rings (SSSR count). The number of rotatable bonds is 2. The number of fused-ring (bicyclic) bond motifs is 1. The van der Waals surface area contributed by atoms with E-state index in [1.165, 1.54) is 6.07 Å². The van der Waals surface area contributed by atoms with Gasteiger partial charge < -0.3 is 13.1 Å². The van der Waals surface area contributed by atoms with E-state index in [1.807, 2.05) is 0 Å². The molecule has 4 N–H and O–H groups in total. The van der Waals surface area contributed by atoms with Gasteiger partial charge in [-0.25, -0.2) is 0 Å². The molecule has 28 heavy (non-hydrogen) atoms. The van der Waals surface area contributed by atoms with Crippen LogP contribution in [-0.4, -0.2) is 40.4 Å². The molecule has 1 aromatic rings. The second kappa shape index (κ2) is 8.87. The van der Waals surface area contributed by atoms with Crippen LogP contribution < -0.4 is 59.1 Å². The van der Waals surface area contributed by atoms with Gasteiger partial charge in [-0.15, -0.1) is 0 Å². The maximum absolute atomic E-state index is 11.6. The molecule has 3 atom stereocenters. The van der Waals surface area contributed by atoms with Crippen molar-refractivity contribution in [1.29, 1.82) is 0 Å². The summed E-state index contributed by atoms with van der Waals surface area (Å²) in [6.45, 7) is 0. The van der Waals surface area contributed by atoms with Crippen LogP contribution in [0, 0.1) is 0 Å². The number of hydrogen-bond acceptors (Lipinski definition) is 6. The molecule has 0 saturated heterocycles. The van der Waals surface area contributed by atoms with Gasteiger partial charge in [0.05, 0.1) is 9.93 Å². The van der Waals surface area contributed by atoms with Crippen LogP contribution in [0.5, 0.6) is 0 Å². The Hall–Kier alpha value is 1.02. The van der Waals surface area contributed by atoms with Gasteiger partial charge in [-0.1, -0.05) is 29.3 Å². The van der Waals surface area contributed by atoms with E-state index in [1.54, 1.807) is 0 Å². The SMILES string of the molecule is O=S(=O)(O)c1ccc2c(c1)C(O)C1=C(CC(Cl)(S(=O)(=O)O)C(Cl)=C1)C2O.[H-].[H-].[Na+].[Na+]. The van der Waals surface area contributed by atoms with Gasteiger partial charge in [0.25, 0.3) is 20.2 Å². The Morgan fingerprint density at radius 2 is 1.61 bits per heavy atom. The molecule has 0 amide bonds. The minimum atomic E-state index is -4.84. The number of benzene rings is 1. The Morgan fingerprint density at radius 1 is 1.04 bits per heavy atom. The third-order valence-corrected chi connectivity index (χ3v) is 8.00. The van der Waals surface area contributed by atoms with Gasteiger partial charge in [-0.05, 0) is 40.5 Å². The van der Waals surface area contributed by atoms with E-state index in [4.69, 9.17) is 27.8 Å². The topological polar surface area (TPSA) is 149 Å². The second-order valence-electron chi connectivity index (χ2n) is 5.92. The summed E-state index contributed by atoms with van der Waals surface area (Å²) in [7, 11) is -9.38. The quantitative estimate of drug-likeness (QED) is 0.185. The molecule has 0 fully saturated rings. The van der Waals surface area contributed by atoms with Crippen molar-refractivity contribution in [1.82, 2.24) is 0 Å². The van der Waals surface area contributed by atoms with E-state index in [-0.39, 0.29) is 84.2 Å². The van der Waals surface area contributed by atoms with Gasteiger partial charge in [-0.3, -0.25) is 9.11 Å². The van der Waals surface area contributed by atoms with Crippen molar-refractivity contribution in [3.8, 4) is 0 Å². The third-order valence-electron chi connectivity index (χ3n) is 4.41. The summed E-state index contributed by atoms with van der Waals surface area (Å²) >= 11 is 11.9. The summed E-state index contributed by atoms with van der Waals surface area (Å²) in [5, 5.41) is 20.6. The Morgan fingerprint density at radius 3 is 2.11 bits per heavy atom. The summed E-state index contributed by atoms with van der Waals surface area (Å²) in [5.41, 5.74) is 0.148. The molecule has 14 heteroatoms. The Kier molecular flexibility index (Phi) is 8.57. The number of hydrogen-bond donors (Lipinski definition) is 4. The standard InChI is InChI=1S/C14H12Cl2O8S2.2Na.2H/c15-11-4-9-10(5-14(11,16)26(22,23)24)12(17)7-2-1-6(25(19,20)21)3-8(7)13(9)18;;;;/h1-4,12-13,17-18H,5H2,(H,19,20,21)(H,22,23,24);;;;/q;2*+1;2*-1. The van der Waals surface area contributed by atoms with Gasteiger partial charge in [0.1, 0.15) is 12.2 Å². The Bertz CT molecular complexity index is 1100. The molecule has 1 aromatic carbocycles. The Labute approximate surface area is 218 Å². The first-order valence-electron chi connectivity index (χ1n) is 7.01. The average Bonchev–Trinajstić information content (AvgIpc) is 2.52. The van der Waals surface area contributed by atoms with Crippen molar-refractivity contribution < 1.29 is 98.1 Å². The van der Waals surface area contributed by atoms with Gasteiger partial charge in [0.2, 0.25) is 4.21 Å². The summed E-state index contributed by atoms with van der Waals surface area (Å²) < 4.78 is 62.0. The monoisotopic (exact) mass is 490 g/mol. The van der Waals surface area contributed by atoms with E-state index in [0.717, 1.165) is 18.2 Å². The molecule has 0 radical (unpaired) electrons. The van der Waals surface area contributed by atoms with Crippen LogP contribution in [0.1, 0.15) is 32.6 Å². The molecular formula is C14H14Cl2Na2O8S2. The maximum atomic E-state index is 11.6. The van der Waals surface area contributed by atoms with Crippen LogP contribution in [0.2, 0.25) is 0 Å². The van der Waals surface area contributed by atoms with Crippen molar-refractivity contribution in [2.75, 3.05) is 0 Å². The van der Waals surface area contributed by atoms with Crippen LogP contribution >= 0.6 is 23.2 Å². The molecule has 0 aromatic heterocycles. The minimum absolute atomic E-state index is 0. The van der Waals surface area contributed by atoms with Gasteiger partial charge >= 0.3 is 59.1 Å². The largest absolute Gasteiger partial charge is 1.00 e. The smallest absolute Gasteiger partial charge is 1.00 e. The first kappa shape index (κ1) is 27.1. The van der Waals surface area contributed by atoms with E-state index >= 15 is 0 Å².